The van der Waals surface area contributed by atoms with Gasteiger partial charge >= 0.3 is 5.97 Å². The van der Waals surface area contributed by atoms with Crippen LogP contribution in [0.2, 0.25) is 0 Å². The Morgan fingerprint density at radius 3 is 2.16 bits per heavy atom. The van der Waals surface area contributed by atoms with Gasteiger partial charge in [-0.05, 0) is 36.4 Å². The summed E-state index contributed by atoms with van der Waals surface area (Å²) in [6.07, 6.45) is 0. The van der Waals surface area contributed by atoms with Crippen LogP contribution >= 0.6 is 0 Å². The highest BCUT2D eigenvalue weighted by molar-refractivity contribution is 5.91. The van der Waals surface area contributed by atoms with Gasteiger partial charge in [0.25, 0.3) is 5.69 Å². The smallest absolute Gasteiger partial charge is 0.343 e. The highest BCUT2D eigenvalue weighted by Gasteiger charge is 2.11. The van der Waals surface area contributed by atoms with E-state index in [-0.39, 0.29) is 17.0 Å². The van der Waals surface area contributed by atoms with Crippen molar-refractivity contribution in [2.45, 2.75) is 0 Å². The fraction of sp³-hybridized carbons (Fsp3) is 0. The first-order valence-corrected chi connectivity index (χ1v) is 5.28. The first-order valence-electron chi connectivity index (χ1n) is 5.28. The molecule has 0 spiro atoms. The summed E-state index contributed by atoms with van der Waals surface area (Å²) < 4.78 is 17.6. The molecule has 0 saturated carbocycles. The van der Waals surface area contributed by atoms with Crippen molar-refractivity contribution in [1.29, 1.82) is 0 Å². The lowest BCUT2D eigenvalue weighted by Crippen LogP contribution is -2.08. The normalized spacial score (nSPS) is 9.95. The maximum atomic E-state index is 12.7. The maximum Gasteiger partial charge on any atom is 0.343 e. The van der Waals surface area contributed by atoms with Gasteiger partial charge in [-0.3, -0.25) is 10.1 Å². The van der Waals surface area contributed by atoms with Crippen molar-refractivity contribution in [3.8, 4) is 5.75 Å². The Hall–Kier alpha value is -2.76. The number of carbonyl (C=O) groups is 1. The second-order valence-corrected chi connectivity index (χ2v) is 3.65. The Labute approximate surface area is 107 Å². The van der Waals surface area contributed by atoms with Gasteiger partial charge in [0, 0.05) is 12.1 Å². The van der Waals surface area contributed by atoms with Gasteiger partial charge < -0.3 is 4.74 Å². The van der Waals surface area contributed by atoms with E-state index in [2.05, 4.69) is 0 Å². The number of esters is 1. The average Bonchev–Trinajstić information content (AvgIpc) is 2.41. The highest BCUT2D eigenvalue weighted by atomic mass is 19.1. The van der Waals surface area contributed by atoms with Gasteiger partial charge in [0.1, 0.15) is 11.6 Å². The number of halogens is 1. The molecule has 6 heteroatoms. The van der Waals surface area contributed by atoms with Gasteiger partial charge in [-0.25, -0.2) is 9.18 Å². The SMILES string of the molecule is O=C(Oc1ccc(F)cc1)c1ccc([N+](=O)[O-])cc1. The second kappa shape index (κ2) is 5.26. The van der Waals surface area contributed by atoms with Crippen LogP contribution in [-0.2, 0) is 0 Å². The first kappa shape index (κ1) is 12.7. The van der Waals surface area contributed by atoms with Crippen LogP contribution in [0.15, 0.2) is 48.5 Å². The predicted molar refractivity (Wildman–Crippen MR) is 64.5 cm³/mol. The van der Waals surface area contributed by atoms with Gasteiger partial charge in [0.05, 0.1) is 10.5 Å². The Balaban J connectivity index is 2.11. The summed E-state index contributed by atoms with van der Waals surface area (Å²) >= 11 is 0. The summed E-state index contributed by atoms with van der Waals surface area (Å²) in [5.41, 5.74) is 0.0632. The molecule has 2 aromatic carbocycles. The van der Waals surface area contributed by atoms with Crippen LogP contribution in [0, 0.1) is 15.9 Å². The zero-order valence-corrected chi connectivity index (χ0v) is 9.58. The minimum Gasteiger partial charge on any atom is -0.423 e. The fourth-order valence-electron chi connectivity index (χ4n) is 1.39. The summed E-state index contributed by atoms with van der Waals surface area (Å²) in [5, 5.41) is 10.5. The molecule has 0 saturated heterocycles. The predicted octanol–water partition coefficient (Wildman–Crippen LogP) is 2.95. The monoisotopic (exact) mass is 261 g/mol. The molecule has 0 aliphatic rings. The molecule has 2 rings (SSSR count). The molecule has 2 aromatic rings. The van der Waals surface area contributed by atoms with E-state index >= 15 is 0 Å². The largest absolute Gasteiger partial charge is 0.423 e. The van der Waals surface area contributed by atoms with Crippen molar-refractivity contribution in [2.75, 3.05) is 0 Å². The minimum atomic E-state index is -0.665. The van der Waals surface area contributed by atoms with Crippen LogP contribution in [0.4, 0.5) is 10.1 Å². The van der Waals surface area contributed by atoms with Crippen LogP contribution < -0.4 is 4.74 Å². The molecule has 0 fully saturated rings. The third-order valence-corrected chi connectivity index (χ3v) is 2.34. The lowest BCUT2D eigenvalue weighted by molar-refractivity contribution is -0.384. The van der Waals surface area contributed by atoms with Crippen molar-refractivity contribution in [3.63, 3.8) is 0 Å². The number of nitro benzene ring substituents is 1. The van der Waals surface area contributed by atoms with Crippen LogP contribution in [0.3, 0.4) is 0 Å². The molecule has 96 valence electrons. The molecule has 0 aliphatic carbocycles. The standard InChI is InChI=1S/C13H8FNO4/c14-10-3-7-12(8-4-10)19-13(16)9-1-5-11(6-2-9)15(17)18/h1-8H. The number of carbonyl (C=O) groups excluding carboxylic acids is 1. The van der Waals surface area contributed by atoms with Gasteiger partial charge in [-0.15, -0.1) is 0 Å². The number of nitro groups is 1. The van der Waals surface area contributed by atoms with Gasteiger partial charge in [-0.2, -0.15) is 0 Å². The van der Waals surface area contributed by atoms with Gasteiger partial charge in [-0.1, -0.05) is 0 Å². The lowest BCUT2D eigenvalue weighted by atomic mass is 10.2. The molecule has 0 atom stereocenters. The van der Waals surface area contributed by atoms with E-state index in [1.807, 2.05) is 0 Å². The number of nitrogens with zero attached hydrogens (tertiary/aromatic N) is 1. The number of benzene rings is 2. The first-order chi connectivity index (χ1) is 9.06. The molecule has 0 amide bonds. The quantitative estimate of drug-likeness (QED) is 0.368. The molecule has 0 unspecified atom stereocenters. The molecule has 0 N–H and O–H groups in total. The van der Waals surface area contributed by atoms with E-state index in [0.717, 1.165) is 0 Å². The van der Waals surface area contributed by atoms with E-state index in [4.69, 9.17) is 4.74 Å². The maximum absolute atomic E-state index is 12.7. The minimum absolute atomic E-state index is 0.113. The molecule has 0 bridgehead atoms. The summed E-state index contributed by atoms with van der Waals surface area (Å²) in [6, 6.07) is 9.98. The number of hydrogen-bond donors (Lipinski definition) is 0. The Bertz CT molecular complexity index is 608. The van der Waals surface area contributed by atoms with Crippen molar-refractivity contribution in [2.24, 2.45) is 0 Å². The van der Waals surface area contributed by atoms with E-state index in [0.29, 0.717) is 0 Å². The molecular weight excluding hydrogens is 253 g/mol. The molecule has 0 aromatic heterocycles. The van der Waals surface area contributed by atoms with Crippen molar-refractivity contribution < 1.29 is 18.8 Å². The number of hydrogen-bond acceptors (Lipinski definition) is 4. The highest BCUT2D eigenvalue weighted by Crippen LogP contribution is 2.16. The van der Waals surface area contributed by atoms with Crippen molar-refractivity contribution in [3.05, 3.63) is 70.0 Å². The van der Waals surface area contributed by atoms with Crippen molar-refractivity contribution in [1.82, 2.24) is 0 Å². The van der Waals surface area contributed by atoms with Crippen LogP contribution in [0.25, 0.3) is 0 Å². The van der Waals surface area contributed by atoms with Gasteiger partial charge in [0.2, 0.25) is 0 Å². The second-order valence-electron chi connectivity index (χ2n) is 3.65. The molecule has 5 nitrogen and oxygen atoms in total. The fourth-order valence-corrected chi connectivity index (χ4v) is 1.39. The Morgan fingerprint density at radius 2 is 1.63 bits per heavy atom. The molecular formula is C13H8FNO4. The number of non-ortho nitro benzene ring substituents is 1. The van der Waals surface area contributed by atoms with E-state index in [9.17, 15) is 19.3 Å². The van der Waals surface area contributed by atoms with Crippen molar-refractivity contribution >= 4 is 11.7 Å². The number of ether oxygens (including phenoxy) is 1. The molecule has 0 aliphatic heterocycles. The summed E-state index contributed by atoms with van der Waals surface area (Å²) in [4.78, 5) is 21.6. The van der Waals surface area contributed by atoms with Crippen LogP contribution in [0.1, 0.15) is 10.4 Å². The number of rotatable bonds is 3. The zero-order chi connectivity index (χ0) is 13.8. The van der Waals surface area contributed by atoms with E-state index in [1.54, 1.807) is 0 Å². The molecule has 19 heavy (non-hydrogen) atoms. The van der Waals surface area contributed by atoms with Crippen LogP contribution in [-0.4, -0.2) is 10.9 Å². The average molecular weight is 261 g/mol. The molecule has 0 radical (unpaired) electrons. The van der Waals surface area contributed by atoms with Crippen LogP contribution in [0.5, 0.6) is 5.75 Å². The summed E-state index contributed by atoms with van der Waals surface area (Å²) in [6.45, 7) is 0. The molecule has 0 heterocycles. The third-order valence-electron chi connectivity index (χ3n) is 2.34. The summed E-state index contributed by atoms with van der Waals surface area (Å²) in [7, 11) is 0. The lowest BCUT2D eigenvalue weighted by Gasteiger charge is -2.03. The Kier molecular flexibility index (Phi) is 3.51. The zero-order valence-electron chi connectivity index (χ0n) is 9.58. The Morgan fingerprint density at radius 1 is 1.05 bits per heavy atom. The van der Waals surface area contributed by atoms with E-state index in [1.165, 1.54) is 48.5 Å². The topological polar surface area (TPSA) is 69.4 Å². The third kappa shape index (κ3) is 3.12. The van der Waals surface area contributed by atoms with Gasteiger partial charge in [0.15, 0.2) is 0 Å². The van der Waals surface area contributed by atoms with E-state index < -0.39 is 16.7 Å². The summed E-state index contributed by atoms with van der Waals surface area (Å²) in [5.74, 6) is -0.901.